The van der Waals surface area contributed by atoms with E-state index < -0.39 is 17.0 Å². The Kier molecular flexibility index (Phi) is 4.85. The predicted molar refractivity (Wildman–Crippen MR) is 80.3 cm³/mol. The monoisotopic (exact) mass is 317 g/mol. The summed E-state index contributed by atoms with van der Waals surface area (Å²) in [5, 5.41) is 18.3. The number of aromatic nitrogens is 2. The molecule has 0 fully saturated rings. The molecule has 1 atom stereocenters. The van der Waals surface area contributed by atoms with Gasteiger partial charge in [0.05, 0.1) is 4.92 Å². The van der Waals surface area contributed by atoms with E-state index in [0.717, 1.165) is 5.57 Å². The average molecular weight is 317 g/mol. The Bertz CT molecular complexity index is 745. The highest BCUT2D eigenvalue weighted by atomic mass is 16.6. The predicted octanol–water partition coefficient (Wildman–Crippen LogP) is 3.22. The highest BCUT2D eigenvalue weighted by Crippen LogP contribution is 2.24. The molecule has 8 nitrogen and oxygen atoms in total. The first-order chi connectivity index (χ1) is 10.9. The van der Waals surface area contributed by atoms with E-state index in [4.69, 9.17) is 9.15 Å². The summed E-state index contributed by atoms with van der Waals surface area (Å²) in [4.78, 5) is 21.7. The lowest BCUT2D eigenvalue weighted by Gasteiger charge is -2.07. The molecular weight excluding hydrogens is 302 g/mol. The number of benzene rings is 1. The number of ether oxygens (including phenoxy) is 1. The molecule has 0 aliphatic heterocycles. The van der Waals surface area contributed by atoms with Gasteiger partial charge < -0.3 is 9.15 Å². The van der Waals surface area contributed by atoms with E-state index in [0.29, 0.717) is 5.56 Å². The summed E-state index contributed by atoms with van der Waals surface area (Å²) in [6, 6.07) is 5.71. The fourth-order valence-corrected chi connectivity index (χ4v) is 1.74. The Hall–Kier alpha value is -3.03. The van der Waals surface area contributed by atoms with Crippen LogP contribution in [0.2, 0.25) is 0 Å². The second-order valence-corrected chi connectivity index (χ2v) is 5.05. The Morgan fingerprint density at radius 2 is 1.96 bits per heavy atom. The van der Waals surface area contributed by atoms with Crippen molar-refractivity contribution in [1.29, 1.82) is 0 Å². The van der Waals surface area contributed by atoms with E-state index in [1.165, 1.54) is 30.3 Å². The molecule has 0 bridgehead atoms. The molecule has 0 radical (unpaired) electrons. The largest absolute Gasteiger partial charge is 0.449 e. The highest BCUT2D eigenvalue weighted by Gasteiger charge is 2.18. The number of nitro groups is 1. The number of carbonyl (C=O) groups excluding carboxylic acids is 1. The zero-order chi connectivity index (χ0) is 17.0. The van der Waals surface area contributed by atoms with Crippen LogP contribution in [0.1, 0.15) is 32.8 Å². The summed E-state index contributed by atoms with van der Waals surface area (Å²) in [5.74, 6) is -0.151. The molecule has 1 aromatic carbocycles. The number of nitro benzene ring substituents is 1. The van der Waals surface area contributed by atoms with Gasteiger partial charge in [0.1, 0.15) is 0 Å². The van der Waals surface area contributed by atoms with Crippen LogP contribution in [0.3, 0.4) is 0 Å². The van der Waals surface area contributed by atoms with Crippen LogP contribution in [0.25, 0.3) is 11.5 Å². The van der Waals surface area contributed by atoms with Crippen LogP contribution in [0.4, 0.5) is 5.69 Å². The molecule has 23 heavy (non-hydrogen) atoms. The molecule has 120 valence electrons. The van der Waals surface area contributed by atoms with Crippen LogP contribution in [0, 0.1) is 10.1 Å². The van der Waals surface area contributed by atoms with Crippen LogP contribution >= 0.6 is 0 Å². The Morgan fingerprint density at radius 1 is 1.30 bits per heavy atom. The van der Waals surface area contributed by atoms with Gasteiger partial charge in [0.2, 0.25) is 5.89 Å². The van der Waals surface area contributed by atoms with Crippen molar-refractivity contribution in [2.24, 2.45) is 0 Å². The first kappa shape index (κ1) is 16.3. The molecule has 1 aromatic heterocycles. The van der Waals surface area contributed by atoms with E-state index in [2.05, 4.69) is 10.2 Å². The first-order valence-corrected chi connectivity index (χ1v) is 6.80. The van der Waals surface area contributed by atoms with Crippen molar-refractivity contribution in [2.75, 3.05) is 0 Å². The van der Waals surface area contributed by atoms with E-state index in [9.17, 15) is 14.9 Å². The minimum Gasteiger partial charge on any atom is -0.449 e. The van der Waals surface area contributed by atoms with E-state index in [1.54, 1.807) is 20.8 Å². The number of nitrogens with zero attached hydrogens (tertiary/aromatic N) is 3. The minimum absolute atomic E-state index is 0.0301. The van der Waals surface area contributed by atoms with Gasteiger partial charge in [-0.05, 0) is 32.9 Å². The van der Waals surface area contributed by atoms with Crippen molar-refractivity contribution in [1.82, 2.24) is 10.2 Å². The quantitative estimate of drug-likeness (QED) is 0.360. The second kappa shape index (κ2) is 6.82. The standard InChI is InChI=1S/C15H15N3O5/c1-9(2)8-13(19)22-10(3)14-16-17-15(23-14)11-4-6-12(7-5-11)18(20)21/h4-8,10H,1-3H3. The van der Waals surface area contributed by atoms with Crippen molar-refractivity contribution >= 4 is 11.7 Å². The zero-order valence-corrected chi connectivity index (χ0v) is 12.8. The van der Waals surface area contributed by atoms with E-state index in [1.807, 2.05) is 0 Å². The summed E-state index contributed by atoms with van der Waals surface area (Å²) in [5.41, 5.74) is 1.33. The van der Waals surface area contributed by atoms with Crippen LogP contribution in [0.15, 0.2) is 40.3 Å². The van der Waals surface area contributed by atoms with Crippen molar-refractivity contribution in [3.05, 3.63) is 51.9 Å². The molecule has 0 spiro atoms. The van der Waals surface area contributed by atoms with E-state index in [-0.39, 0.29) is 17.5 Å². The van der Waals surface area contributed by atoms with Gasteiger partial charge >= 0.3 is 5.97 Å². The van der Waals surface area contributed by atoms with Crippen LogP contribution in [-0.4, -0.2) is 21.1 Å². The Balaban J connectivity index is 2.12. The van der Waals surface area contributed by atoms with Crippen molar-refractivity contribution in [2.45, 2.75) is 26.9 Å². The van der Waals surface area contributed by atoms with Gasteiger partial charge in [0.25, 0.3) is 11.6 Å². The molecule has 0 aliphatic rings. The number of carbonyl (C=O) groups is 1. The number of esters is 1. The third-order valence-corrected chi connectivity index (χ3v) is 2.81. The number of rotatable bonds is 5. The van der Waals surface area contributed by atoms with Crippen LogP contribution in [0.5, 0.6) is 0 Å². The van der Waals surface area contributed by atoms with Crippen LogP contribution in [-0.2, 0) is 9.53 Å². The van der Waals surface area contributed by atoms with Crippen molar-refractivity contribution < 1.29 is 18.9 Å². The Morgan fingerprint density at radius 3 is 2.52 bits per heavy atom. The number of hydrogen-bond acceptors (Lipinski definition) is 7. The maximum atomic E-state index is 11.6. The molecule has 2 rings (SSSR count). The normalized spacial score (nSPS) is 11.6. The fraction of sp³-hybridized carbons (Fsp3) is 0.267. The SMILES string of the molecule is CC(C)=CC(=O)OC(C)c1nnc(-c2ccc([N+](=O)[O-])cc2)o1. The molecule has 0 saturated heterocycles. The summed E-state index contributed by atoms with van der Waals surface area (Å²) >= 11 is 0. The molecule has 1 unspecified atom stereocenters. The van der Waals surface area contributed by atoms with Gasteiger partial charge in [0.15, 0.2) is 6.10 Å². The maximum Gasteiger partial charge on any atom is 0.331 e. The van der Waals surface area contributed by atoms with Crippen molar-refractivity contribution in [3.63, 3.8) is 0 Å². The molecule has 0 N–H and O–H groups in total. The van der Waals surface area contributed by atoms with Gasteiger partial charge in [-0.3, -0.25) is 10.1 Å². The van der Waals surface area contributed by atoms with Gasteiger partial charge in [-0.25, -0.2) is 4.79 Å². The molecular formula is C15H15N3O5. The molecule has 2 aromatic rings. The molecule has 0 saturated carbocycles. The van der Waals surface area contributed by atoms with Gasteiger partial charge in [0, 0.05) is 23.8 Å². The number of allylic oxidation sites excluding steroid dienone is 1. The summed E-state index contributed by atoms with van der Waals surface area (Å²) < 4.78 is 10.6. The average Bonchev–Trinajstić information content (AvgIpc) is 2.96. The molecule has 8 heteroatoms. The summed E-state index contributed by atoms with van der Waals surface area (Å²) in [6.45, 7) is 5.18. The summed E-state index contributed by atoms with van der Waals surface area (Å²) in [7, 11) is 0. The summed E-state index contributed by atoms with van der Waals surface area (Å²) in [6.07, 6.45) is 0.668. The Labute approximate surface area is 131 Å². The lowest BCUT2D eigenvalue weighted by atomic mass is 10.2. The third kappa shape index (κ3) is 4.22. The first-order valence-electron chi connectivity index (χ1n) is 6.80. The number of non-ortho nitro benzene ring substituents is 1. The second-order valence-electron chi connectivity index (χ2n) is 5.05. The third-order valence-electron chi connectivity index (χ3n) is 2.81. The molecule has 0 aliphatic carbocycles. The van der Waals surface area contributed by atoms with Crippen LogP contribution < -0.4 is 0 Å². The molecule has 1 heterocycles. The van der Waals surface area contributed by atoms with E-state index >= 15 is 0 Å². The van der Waals surface area contributed by atoms with Gasteiger partial charge in [-0.1, -0.05) is 5.57 Å². The molecule has 0 amide bonds. The topological polar surface area (TPSA) is 108 Å². The number of hydrogen-bond donors (Lipinski definition) is 0. The van der Waals surface area contributed by atoms with Gasteiger partial charge in [-0.15, -0.1) is 10.2 Å². The van der Waals surface area contributed by atoms with Gasteiger partial charge in [-0.2, -0.15) is 0 Å². The highest BCUT2D eigenvalue weighted by molar-refractivity contribution is 5.82. The fourth-order valence-electron chi connectivity index (χ4n) is 1.74. The lowest BCUT2D eigenvalue weighted by molar-refractivity contribution is -0.384. The lowest BCUT2D eigenvalue weighted by Crippen LogP contribution is -2.06. The zero-order valence-electron chi connectivity index (χ0n) is 12.8. The smallest absolute Gasteiger partial charge is 0.331 e. The minimum atomic E-state index is -0.697. The van der Waals surface area contributed by atoms with Crippen molar-refractivity contribution in [3.8, 4) is 11.5 Å². The maximum absolute atomic E-state index is 11.6.